The number of hydrogen-bond acceptors (Lipinski definition) is 2. The summed E-state index contributed by atoms with van der Waals surface area (Å²) in [4.78, 5) is 24.0. The lowest BCUT2D eigenvalue weighted by Crippen LogP contribution is -2.42. The third-order valence-corrected chi connectivity index (χ3v) is 3.66. The number of nitrogens with one attached hydrogen (secondary N) is 2. The molecular formula is C18H18N2O2. The molecule has 0 bridgehead atoms. The molecule has 4 heteroatoms. The number of carbonyl (C=O) groups excluding carboxylic acids is 2. The molecule has 0 atom stereocenters. The van der Waals surface area contributed by atoms with Crippen molar-refractivity contribution in [2.75, 3.05) is 0 Å². The highest BCUT2D eigenvalue weighted by atomic mass is 16.2. The molecule has 0 saturated heterocycles. The van der Waals surface area contributed by atoms with Crippen molar-refractivity contribution >= 4 is 11.8 Å². The molecule has 2 amide bonds. The summed E-state index contributed by atoms with van der Waals surface area (Å²) in [5, 5.41) is 5.54. The lowest BCUT2D eigenvalue weighted by Gasteiger charge is -2.19. The minimum Gasteiger partial charge on any atom is -0.345 e. The molecule has 0 heterocycles. The van der Waals surface area contributed by atoms with Gasteiger partial charge in [0.1, 0.15) is 0 Å². The fourth-order valence-electron chi connectivity index (χ4n) is 2.33. The highest BCUT2D eigenvalue weighted by Crippen LogP contribution is 2.22. The number of amides is 2. The second-order valence-electron chi connectivity index (χ2n) is 5.48. The monoisotopic (exact) mass is 294 g/mol. The third kappa shape index (κ3) is 3.52. The van der Waals surface area contributed by atoms with E-state index in [0.717, 1.165) is 24.0 Å². The Morgan fingerprint density at radius 1 is 0.818 bits per heavy atom. The van der Waals surface area contributed by atoms with E-state index in [4.69, 9.17) is 0 Å². The first-order valence-electron chi connectivity index (χ1n) is 7.45. The standard InChI is InChI=1S/C18H18N2O2/c21-17(19-15-11-12-15)18(22)20-16(13-7-3-1-4-8-13)14-9-5-2-6-10-14/h1-10,15-16H,11-12H2,(H,19,21)(H,20,22). The summed E-state index contributed by atoms with van der Waals surface area (Å²) >= 11 is 0. The van der Waals surface area contributed by atoms with Crippen molar-refractivity contribution < 1.29 is 9.59 Å². The first-order valence-corrected chi connectivity index (χ1v) is 7.45. The van der Waals surface area contributed by atoms with Gasteiger partial charge in [0.25, 0.3) is 0 Å². The molecule has 1 aliphatic carbocycles. The van der Waals surface area contributed by atoms with Crippen LogP contribution in [0.25, 0.3) is 0 Å². The molecule has 3 rings (SSSR count). The molecule has 4 nitrogen and oxygen atoms in total. The van der Waals surface area contributed by atoms with Gasteiger partial charge in [0.2, 0.25) is 0 Å². The summed E-state index contributed by atoms with van der Waals surface area (Å²) in [6, 6.07) is 19.1. The van der Waals surface area contributed by atoms with Gasteiger partial charge < -0.3 is 10.6 Å². The summed E-state index contributed by atoms with van der Waals surface area (Å²) in [5.41, 5.74) is 1.89. The van der Waals surface area contributed by atoms with Crippen molar-refractivity contribution in [2.24, 2.45) is 0 Å². The maximum atomic E-state index is 12.1. The predicted octanol–water partition coefficient (Wildman–Crippen LogP) is 2.17. The molecule has 0 unspecified atom stereocenters. The zero-order valence-corrected chi connectivity index (χ0v) is 12.2. The van der Waals surface area contributed by atoms with Crippen LogP contribution in [0, 0.1) is 0 Å². The van der Waals surface area contributed by atoms with Gasteiger partial charge in [-0.3, -0.25) is 9.59 Å². The highest BCUT2D eigenvalue weighted by Gasteiger charge is 2.28. The largest absolute Gasteiger partial charge is 0.345 e. The second kappa shape index (κ2) is 6.43. The summed E-state index contributed by atoms with van der Waals surface area (Å²) < 4.78 is 0. The van der Waals surface area contributed by atoms with Crippen LogP contribution in [0.15, 0.2) is 60.7 Å². The lowest BCUT2D eigenvalue weighted by atomic mass is 9.99. The van der Waals surface area contributed by atoms with Gasteiger partial charge in [-0.05, 0) is 24.0 Å². The molecule has 0 spiro atoms. The van der Waals surface area contributed by atoms with E-state index in [9.17, 15) is 9.59 Å². The topological polar surface area (TPSA) is 58.2 Å². The minimum absolute atomic E-state index is 0.171. The third-order valence-electron chi connectivity index (χ3n) is 3.66. The van der Waals surface area contributed by atoms with E-state index in [1.54, 1.807) is 0 Å². The van der Waals surface area contributed by atoms with Gasteiger partial charge in [-0.1, -0.05) is 60.7 Å². The molecule has 1 aliphatic rings. The molecule has 2 N–H and O–H groups in total. The molecule has 0 radical (unpaired) electrons. The first kappa shape index (κ1) is 14.3. The molecule has 2 aromatic carbocycles. The maximum absolute atomic E-state index is 12.1. The van der Waals surface area contributed by atoms with Crippen molar-refractivity contribution in [1.82, 2.24) is 10.6 Å². The van der Waals surface area contributed by atoms with Crippen LogP contribution in [0.5, 0.6) is 0 Å². The SMILES string of the molecule is O=C(NC1CC1)C(=O)NC(c1ccccc1)c1ccccc1. The Kier molecular flexibility index (Phi) is 4.19. The predicted molar refractivity (Wildman–Crippen MR) is 84.0 cm³/mol. The molecule has 1 fully saturated rings. The second-order valence-corrected chi connectivity index (χ2v) is 5.48. The summed E-state index contributed by atoms with van der Waals surface area (Å²) in [7, 11) is 0. The van der Waals surface area contributed by atoms with E-state index in [1.165, 1.54) is 0 Å². The van der Waals surface area contributed by atoms with E-state index < -0.39 is 11.8 Å². The Hall–Kier alpha value is -2.62. The van der Waals surface area contributed by atoms with Crippen molar-refractivity contribution in [3.8, 4) is 0 Å². The van der Waals surface area contributed by atoms with Gasteiger partial charge in [0.05, 0.1) is 6.04 Å². The zero-order valence-electron chi connectivity index (χ0n) is 12.2. The summed E-state index contributed by atoms with van der Waals surface area (Å²) in [5.74, 6) is -1.15. The van der Waals surface area contributed by atoms with Gasteiger partial charge in [-0.25, -0.2) is 0 Å². The van der Waals surface area contributed by atoms with Crippen LogP contribution >= 0.6 is 0 Å². The van der Waals surface area contributed by atoms with Crippen LogP contribution in [0.4, 0.5) is 0 Å². The van der Waals surface area contributed by atoms with Crippen LogP contribution in [0.2, 0.25) is 0 Å². The smallest absolute Gasteiger partial charge is 0.310 e. The van der Waals surface area contributed by atoms with Crippen LogP contribution < -0.4 is 10.6 Å². The maximum Gasteiger partial charge on any atom is 0.310 e. The van der Waals surface area contributed by atoms with Crippen LogP contribution in [0.3, 0.4) is 0 Å². The van der Waals surface area contributed by atoms with Crippen molar-refractivity contribution in [2.45, 2.75) is 24.9 Å². The summed E-state index contributed by atoms with van der Waals surface area (Å²) in [6.07, 6.45) is 1.92. The van der Waals surface area contributed by atoms with Crippen LogP contribution in [-0.2, 0) is 9.59 Å². The van der Waals surface area contributed by atoms with E-state index in [-0.39, 0.29) is 12.1 Å². The van der Waals surface area contributed by atoms with Gasteiger partial charge in [0, 0.05) is 6.04 Å². The Balaban J connectivity index is 1.79. The number of benzene rings is 2. The lowest BCUT2D eigenvalue weighted by molar-refractivity contribution is -0.139. The van der Waals surface area contributed by atoms with Crippen LogP contribution in [0.1, 0.15) is 30.0 Å². The van der Waals surface area contributed by atoms with Gasteiger partial charge in [0.15, 0.2) is 0 Å². The Morgan fingerprint density at radius 3 is 1.77 bits per heavy atom. The molecule has 112 valence electrons. The molecule has 22 heavy (non-hydrogen) atoms. The van der Waals surface area contributed by atoms with E-state index in [1.807, 2.05) is 60.7 Å². The van der Waals surface area contributed by atoms with E-state index in [0.29, 0.717) is 0 Å². The molecule has 1 saturated carbocycles. The van der Waals surface area contributed by atoms with Crippen molar-refractivity contribution in [3.63, 3.8) is 0 Å². The van der Waals surface area contributed by atoms with Gasteiger partial charge in [-0.2, -0.15) is 0 Å². The Labute approximate surface area is 129 Å². The van der Waals surface area contributed by atoms with E-state index >= 15 is 0 Å². The average molecular weight is 294 g/mol. The fraction of sp³-hybridized carbons (Fsp3) is 0.222. The Morgan fingerprint density at radius 2 is 1.32 bits per heavy atom. The van der Waals surface area contributed by atoms with Crippen molar-refractivity contribution in [3.05, 3.63) is 71.8 Å². The molecular weight excluding hydrogens is 276 g/mol. The van der Waals surface area contributed by atoms with Crippen LogP contribution in [-0.4, -0.2) is 17.9 Å². The van der Waals surface area contributed by atoms with Gasteiger partial charge >= 0.3 is 11.8 Å². The number of carbonyl (C=O) groups is 2. The molecule has 0 aromatic heterocycles. The Bertz CT molecular complexity index is 612. The molecule has 0 aliphatic heterocycles. The zero-order chi connectivity index (χ0) is 15.4. The quantitative estimate of drug-likeness (QED) is 0.849. The highest BCUT2D eigenvalue weighted by molar-refractivity contribution is 6.35. The molecule has 2 aromatic rings. The van der Waals surface area contributed by atoms with E-state index in [2.05, 4.69) is 10.6 Å². The van der Waals surface area contributed by atoms with Crippen molar-refractivity contribution in [1.29, 1.82) is 0 Å². The number of rotatable bonds is 4. The summed E-state index contributed by atoms with van der Waals surface area (Å²) in [6.45, 7) is 0. The average Bonchev–Trinajstić information content (AvgIpc) is 3.38. The van der Waals surface area contributed by atoms with Gasteiger partial charge in [-0.15, -0.1) is 0 Å². The number of hydrogen-bond donors (Lipinski definition) is 2. The first-order chi connectivity index (χ1) is 10.7. The normalized spacial score (nSPS) is 13.7. The minimum atomic E-state index is -0.593. The fourth-order valence-corrected chi connectivity index (χ4v) is 2.33.